The number of carbonyl (C=O) groups is 2. The summed E-state index contributed by atoms with van der Waals surface area (Å²) in [7, 11) is 1.52. The van der Waals surface area contributed by atoms with Gasteiger partial charge >= 0.3 is 0 Å². The number of amides is 2. The lowest BCUT2D eigenvalue weighted by Gasteiger charge is -2.34. The van der Waals surface area contributed by atoms with E-state index < -0.39 is 16.9 Å². The fourth-order valence-corrected chi connectivity index (χ4v) is 5.12. The number of anilines is 1. The first-order valence-electron chi connectivity index (χ1n) is 10.1. The molecule has 1 atom stereocenters. The van der Waals surface area contributed by atoms with Gasteiger partial charge in [0.1, 0.15) is 5.58 Å². The van der Waals surface area contributed by atoms with Gasteiger partial charge in [0.2, 0.25) is 5.76 Å². The summed E-state index contributed by atoms with van der Waals surface area (Å²) in [5.41, 5.74) is -0.490. The van der Waals surface area contributed by atoms with Crippen molar-refractivity contribution in [3.8, 4) is 0 Å². The monoisotopic (exact) mass is 494 g/mol. The molecule has 8 heteroatoms. The van der Waals surface area contributed by atoms with E-state index in [-0.39, 0.29) is 42.5 Å². The quantitative estimate of drug-likeness (QED) is 0.507. The Hall–Kier alpha value is -3.23. The molecule has 32 heavy (non-hydrogen) atoms. The number of methoxy groups -OCH3 is 1. The lowest BCUT2D eigenvalue weighted by atomic mass is 9.84. The van der Waals surface area contributed by atoms with E-state index in [4.69, 9.17) is 9.15 Å². The summed E-state index contributed by atoms with van der Waals surface area (Å²) in [5, 5.41) is 0.298. The van der Waals surface area contributed by atoms with Gasteiger partial charge in [0.05, 0.1) is 23.2 Å². The second-order valence-electron chi connectivity index (χ2n) is 7.66. The maximum absolute atomic E-state index is 14.1. The Morgan fingerprint density at radius 3 is 2.72 bits per heavy atom. The van der Waals surface area contributed by atoms with Crippen molar-refractivity contribution < 1.29 is 18.7 Å². The molecule has 0 bridgehead atoms. The highest BCUT2D eigenvalue weighted by Gasteiger charge is 2.64. The predicted octanol–water partition coefficient (Wildman–Crippen LogP) is 3.43. The zero-order valence-corrected chi connectivity index (χ0v) is 18.8. The normalized spacial score (nSPS) is 19.2. The number of rotatable bonds is 5. The van der Waals surface area contributed by atoms with Crippen LogP contribution in [0, 0.1) is 0 Å². The van der Waals surface area contributed by atoms with Crippen molar-refractivity contribution in [3.63, 3.8) is 0 Å². The fourth-order valence-electron chi connectivity index (χ4n) is 4.76. The number of carbonyl (C=O) groups excluding carboxylic acids is 2. The highest BCUT2D eigenvalue weighted by Crippen LogP contribution is 2.52. The first-order valence-corrected chi connectivity index (χ1v) is 10.9. The van der Waals surface area contributed by atoms with Gasteiger partial charge < -0.3 is 19.0 Å². The Labute approximate surface area is 192 Å². The molecule has 0 saturated heterocycles. The van der Waals surface area contributed by atoms with Gasteiger partial charge in [-0.2, -0.15) is 0 Å². The zero-order chi connectivity index (χ0) is 22.6. The molecular formula is C24H19BrN2O5. The van der Waals surface area contributed by atoms with Crippen molar-refractivity contribution in [2.24, 2.45) is 0 Å². The van der Waals surface area contributed by atoms with Gasteiger partial charge in [0, 0.05) is 30.2 Å². The average molecular weight is 495 g/mol. The van der Waals surface area contributed by atoms with E-state index in [1.807, 2.05) is 12.1 Å². The minimum Gasteiger partial charge on any atom is -0.450 e. The number of hydrogen-bond donors (Lipinski definition) is 0. The minimum absolute atomic E-state index is 0.0493. The van der Waals surface area contributed by atoms with E-state index >= 15 is 0 Å². The summed E-state index contributed by atoms with van der Waals surface area (Å²) in [4.78, 5) is 44.4. The van der Waals surface area contributed by atoms with E-state index in [9.17, 15) is 14.4 Å². The van der Waals surface area contributed by atoms with Gasteiger partial charge in [0.25, 0.3) is 11.8 Å². The van der Waals surface area contributed by atoms with Crippen LogP contribution in [-0.4, -0.2) is 43.5 Å². The van der Waals surface area contributed by atoms with E-state index in [0.717, 1.165) is 0 Å². The van der Waals surface area contributed by atoms with Gasteiger partial charge in [-0.1, -0.05) is 40.2 Å². The summed E-state index contributed by atoms with van der Waals surface area (Å²) in [6.07, 6.45) is 1.62. The zero-order valence-electron chi connectivity index (χ0n) is 17.3. The number of hydrogen-bond acceptors (Lipinski definition) is 5. The van der Waals surface area contributed by atoms with Gasteiger partial charge in [-0.15, -0.1) is 6.58 Å². The van der Waals surface area contributed by atoms with Crippen molar-refractivity contribution in [2.75, 3.05) is 31.7 Å². The topological polar surface area (TPSA) is 80.1 Å². The van der Waals surface area contributed by atoms with Crippen LogP contribution in [0.25, 0.3) is 11.0 Å². The second kappa shape index (κ2) is 7.43. The summed E-state index contributed by atoms with van der Waals surface area (Å²) in [6, 6.07) is 12.2. The molecule has 2 amide bonds. The molecule has 0 radical (unpaired) electrons. The van der Waals surface area contributed by atoms with Crippen LogP contribution in [0.5, 0.6) is 0 Å². The van der Waals surface area contributed by atoms with Crippen LogP contribution in [0.2, 0.25) is 0 Å². The first kappa shape index (κ1) is 20.7. The molecule has 162 valence electrons. The molecule has 0 fully saturated rings. The summed E-state index contributed by atoms with van der Waals surface area (Å²) < 4.78 is 11.9. The predicted molar refractivity (Wildman–Crippen MR) is 123 cm³/mol. The van der Waals surface area contributed by atoms with E-state index in [1.165, 1.54) is 12.0 Å². The fraction of sp³-hybridized carbons (Fsp3) is 0.208. The second-order valence-corrected chi connectivity index (χ2v) is 8.57. The molecule has 0 N–H and O–H groups in total. The van der Waals surface area contributed by atoms with Gasteiger partial charge in [0.15, 0.2) is 11.0 Å². The Kier molecular flexibility index (Phi) is 4.79. The van der Waals surface area contributed by atoms with E-state index in [2.05, 4.69) is 22.5 Å². The van der Waals surface area contributed by atoms with Crippen LogP contribution in [0.3, 0.4) is 0 Å². The Balaban J connectivity index is 1.91. The first-order chi connectivity index (χ1) is 15.5. The number of ether oxygens (including phenoxy) is 1. The molecule has 7 nitrogen and oxygen atoms in total. The largest absolute Gasteiger partial charge is 0.450 e. The number of fused-ring (bicyclic) bond motifs is 5. The summed E-state index contributed by atoms with van der Waals surface area (Å²) in [5.74, 6) is -1.00. The van der Waals surface area contributed by atoms with Gasteiger partial charge in [-0.3, -0.25) is 14.4 Å². The highest BCUT2D eigenvalue weighted by molar-refractivity contribution is 9.10. The lowest BCUT2D eigenvalue weighted by molar-refractivity contribution is -0.126. The number of benzene rings is 2. The van der Waals surface area contributed by atoms with Crippen LogP contribution >= 0.6 is 15.9 Å². The molecule has 1 spiro atoms. The molecule has 3 heterocycles. The van der Waals surface area contributed by atoms with Crippen molar-refractivity contribution in [3.05, 3.63) is 86.7 Å². The standard InChI is InChI=1S/C24H19BrN2O5/c1-3-10-26-17-7-5-4-6-16(17)24(23(26)30)19-20(28)15-13-14(25)8-9-18(15)32-21(19)22(29)27(24)11-12-31-2/h3-9,13H,1,10-12H2,2H3. The minimum atomic E-state index is -1.62. The number of para-hydroxylation sites is 1. The van der Waals surface area contributed by atoms with Crippen LogP contribution < -0.4 is 10.3 Å². The van der Waals surface area contributed by atoms with Crippen LogP contribution in [0.4, 0.5) is 5.69 Å². The van der Waals surface area contributed by atoms with E-state index in [1.54, 1.807) is 41.3 Å². The number of halogens is 1. The molecule has 2 aromatic carbocycles. The maximum Gasteiger partial charge on any atom is 0.291 e. The third kappa shape index (κ3) is 2.53. The maximum atomic E-state index is 14.1. The third-order valence-electron chi connectivity index (χ3n) is 6.03. The van der Waals surface area contributed by atoms with Crippen LogP contribution in [0.1, 0.15) is 21.7 Å². The molecule has 1 aromatic heterocycles. The van der Waals surface area contributed by atoms with E-state index in [0.29, 0.717) is 21.1 Å². The Morgan fingerprint density at radius 1 is 1.19 bits per heavy atom. The molecule has 2 aliphatic rings. The molecular weight excluding hydrogens is 476 g/mol. The SMILES string of the molecule is C=CCN1C(=O)C2(c3ccccc31)c1c(oc3ccc(Br)cc3c1=O)C(=O)N2CCOC. The molecule has 1 unspecified atom stereocenters. The van der Waals surface area contributed by atoms with Crippen molar-refractivity contribution in [2.45, 2.75) is 5.54 Å². The van der Waals surface area contributed by atoms with Crippen LogP contribution in [0.15, 0.2) is 68.8 Å². The summed E-state index contributed by atoms with van der Waals surface area (Å²) in [6.45, 7) is 4.31. The number of nitrogens with zero attached hydrogens (tertiary/aromatic N) is 2. The van der Waals surface area contributed by atoms with Crippen molar-refractivity contribution in [1.82, 2.24) is 4.90 Å². The smallest absolute Gasteiger partial charge is 0.291 e. The molecule has 0 aliphatic carbocycles. The summed E-state index contributed by atoms with van der Waals surface area (Å²) >= 11 is 3.39. The molecule has 2 aliphatic heterocycles. The third-order valence-corrected chi connectivity index (χ3v) is 6.52. The van der Waals surface area contributed by atoms with Gasteiger partial charge in [-0.25, -0.2) is 0 Å². The molecule has 3 aromatic rings. The van der Waals surface area contributed by atoms with Gasteiger partial charge in [-0.05, 0) is 24.3 Å². The average Bonchev–Trinajstić information content (AvgIpc) is 3.18. The van der Waals surface area contributed by atoms with Crippen molar-refractivity contribution in [1.29, 1.82) is 0 Å². The molecule has 5 rings (SSSR count). The Morgan fingerprint density at radius 2 is 1.97 bits per heavy atom. The Bertz CT molecular complexity index is 1360. The lowest BCUT2D eigenvalue weighted by Crippen LogP contribution is -2.54. The molecule has 0 saturated carbocycles. The van der Waals surface area contributed by atoms with Crippen LogP contribution in [-0.2, 0) is 15.1 Å². The highest BCUT2D eigenvalue weighted by atomic mass is 79.9. The van der Waals surface area contributed by atoms with Crippen molar-refractivity contribution >= 4 is 44.4 Å².